The summed E-state index contributed by atoms with van der Waals surface area (Å²) in [6, 6.07) is 8.03. The van der Waals surface area contributed by atoms with Crippen LogP contribution in [0.5, 0.6) is 0 Å². The van der Waals surface area contributed by atoms with Gasteiger partial charge in [0.05, 0.1) is 5.52 Å². The molecule has 0 aliphatic heterocycles. The zero-order valence-electron chi connectivity index (χ0n) is 11.7. The van der Waals surface area contributed by atoms with Gasteiger partial charge in [0, 0.05) is 23.7 Å². The minimum atomic E-state index is -0.440. The lowest BCUT2D eigenvalue weighted by molar-refractivity contribution is 0.240. The van der Waals surface area contributed by atoms with E-state index in [1.54, 1.807) is 0 Å². The average Bonchev–Trinajstić information content (AvgIpc) is 2.49. The number of benzene rings is 1. The van der Waals surface area contributed by atoms with Crippen LogP contribution in [0.2, 0.25) is 0 Å². The van der Waals surface area contributed by atoms with Gasteiger partial charge >= 0.3 is 6.03 Å². The molecule has 2 aromatic rings. The Bertz CT molecular complexity index is 637. The molecule has 6 heteroatoms. The summed E-state index contributed by atoms with van der Waals surface area (Å²) in [4.78, 5) is 19.7. The number of aromatic nitrogens is 2. The largest absolute Gasteiger partial charge is 0.352 e. The van der Waals surface area contributed by atoms with Gasteiger partial charge in [0.2, 0.25) is 5.95 Å². The summed E-state index contributed by atoms with van der Waals surface area (Å²) in [5.41, 5.74) is 6.09. The molecule has 3 rings (SSSR count). The summed E-state index contributed by atoms with van der Waals surface area (Å²) in [5, 5.41) is 7.19. The lowest BCUT2D eigenvalue weighted by atomic mass is 9.91. The van der Waals surface area contributed by atoms with Crippen molar-refractivity contribution in [2.75, 3.05) is 5.32 Å². The topological polar surface area (TPSA) is 92.9 Å². The van der Waals surface area contributed by atoms with E-state index >= 15 is 0 Å². The molecule has 0 radical (unpaired) electrons. The SMILES string of the molecule is NC(=O)NC1CCC(Nc2ncc3ccccc3n2)CC1. The standard InChI is InChI=1S/C15H19N5O/c16-14(21)18-11-5-7-12(8-6-11)19-15-17-9-10-3-1-2-4-13(10)20-15/h1-4,9,11-12H,5-8H2,(H3,16,18,21)(H,17,19,20). The van der Waals surface area contributed by atoms with Gasteiger partial charge in [0.1, 0.15) is 0 Å². The third-order valence-electron chi connectivity index (χ3n) is 3.90. The monoisotopic (exact) mass is 285 g/mol. The van der Waals surface area contributed by atoms with Gasteiger partial charge in [-0.15, -0.1) is 0 Å². The Labute approximate surface area is 123 Å². The van der Waals surface area contributed by atoms with Crippen LogP contribution < -0.4 is 16.4 Å². The number of hydrogen-bond donors (Lipinski definition) is 3. The number of hydrogen-bond acceptors (Lipinski definition) is 4. The molecule has 2 amide bonds. The molecule has 0 bridgehead atoms. The van der Waals surface area contributed by atoms with Crippen LogP contribution in [0.3, 0.4) is 0 Å². The van der Waals surface area contributed by atoms with Crippen molar-refractivity contribution in [3.63, 3.8) is 0 Å². The van der Waals surface area contributed by atoms with Crippen molar-refractivity contribution in [2.24, 2.45) is 5.73 Å². The van der Waals surface area contributed by atoms with Crippen LogP contribution >= 0.6 is 0 Å². The van der Waals surface area contributed by atoms with Gasteiger partial charge in [-0.05, 0) is 31.7 Å². The Morgan fingerprint density at radius 2 is 1.86 bits per heavy atom. The average molecular weight is 285 g/mol. The molecule has 1 aromatic carbocycles. The molecule has 6 nitrogen and oxygen atoms in total. The number of anilines is 1. The number of carbonyl (C=O) groups excluding carboxylic acids is 1. The lowest BCUT2D eigenvalue weighted by Gasteiger charge is -2.29. The summed E-state index contributed by atoms with van der Waals surface area (Å²) in [5.74, 6) is 0.667. The minimum absolute atomic E-state index is 0.193. The fourth-order valence-electron chi connectivity index (χ4n) is 2.81. The van der Waals surface area contributed by atoms with Crippen LogP contribution in [-0.4, -0.2) is 28.1 Å². The number of para-hydroxylation sites is 1. The highest BCUT2D eigenvalue weighted by molar-refractivity contribution is 5.78. The number of fused-ring (bicyclic) bond motifs is 1. The molecule has 1 heterocycles. The molecule has 110 valence electrons. The van der Waals surface area contributed by atoms with Crippen molar-refractivity contribution >= 4 is 22.9 Å². The van der Waals surface area contributed by atoms with E-state index in [2.05, 4.69) is 20.6 Å². The van der Waals surface area contributed by atoms with Crippen molar-refractivity contribution in [1.29, 1.82) is 0 Å². The number of rotatable bonds is 3. The molecular weight excluding hydrogens is 266 g/mol. The first-order valence-electron chi connectivity index (χ1n) is 7.25. The van der Waals surface area contributed by atoms with Gasteiger partial charge in [0.15, 0.2) is 0 Å². The second-order valence-corrected chi connectivity index (χ2v) is 5.45. The van der Waals surface area contributed by atoms with Crippen molar-refractivity contribution < 1.29 is 4.79 Å². The van der Waals surface area contributed by atoms with Crippen molar-refractivity contribution in [1.82, 2.24) is 15.3 Å². The highest BCUT2D eigenvalue weighted by atomic mass is 16.2. The van der Waals surface area contributed by atoms with Gasteiger partial charge < -0.3 is 16.4 Å². The third-order valence-corrected chi connectivity index (χ3v) is 3.90. The summed E-state index contributed by atoms with van der Waals surface area (Å²) < 4.78 is 0. The summed E-state index contributed by atoms with van der Waals surface area (Å²) >= 11 is 0. The normalized spacial score (nSPS) is 21.9. The number of nitrogens with two attached hydrogens (primary N) is 1. The zero-order chi connectivity index (χ0) is 14.7. The first kappa shape index (κ1) is 13.6. The zero-order valence-corrected chi connectivity index (χ0v) is 11.7. The van der Waals surface area contributed by atoms with Crippen LogP contribution in [0, 0.1) is 0 Å². The van der Waals surface area contributed by atoms with E-state index < -0.39 is 6.03 Å². The Hall–Kier alpha value is -2.37. The number of primary amides is 1. The van der Waals surface area contributed by atoms with Crippen molar-refractivity contribution in [2.45, 2.75) is 37.8 Å². The van der Waals surface area contributed by atoms with Crippen LogP contribution in [0.4, 0.5) is 10.7 Å². The van der Waals surface area contributed by atoms with Gasteiger partial charge in [-0.1, -0.05) is 18.2 Å². The molecular formula is C15H19N5O. The fourth-order valence-corrected chi connectivity index (χ4v) is 2.81. The summed E-state index contributed by atoms with van der Waals surface area (Å²) in [6.07, 6.45) is 5.63. The van der Waals surface area contributed by atoms with E-state index in [4.69, 9.17) is 5.73 Å². The van der Waals surface area contributed by atoms with Crippen molar-refractivity contribution in [3.05, 3.63) is 30.5 Å². The molecule has 1 aromatic heterocycles. The summed E-state index contributed by atoms with van der Waals surface area (Å²) in [7, 11) is 0. The summed E-state index contributed by atoms with van der Waals surface area (Å²) in [6.45, 7) is 0. The number of carbonyl (C=O) groups is 1. The van der Waals surface area contributed by atoms with Crippen molar-refractivity contribution in [3.8, 4) is 0 Å². The highest BCUT2D eigenvalue weighted by Crippen LogP contribution is 2.21. The van der Waals surface area contributed by atoms with Gasteiger partial charge in [0.25, 0.3) is 0 Å². The maximum Gasteiger partial charge on any atom is 0.312 e. The molecule has 1 fully saturated rings. The molecule has 0 unspecified atom stereocenters. The second kappa shape index (κ2) is 5.95. The van der Waals surface area contributed by atoms with E-state index in [-0.39, 0.29) is 6.04 Å². The first-order chi connectivity index (χ1) is 10.2. The number of amides is 2. The molecule has 0 spiro atoms. The third kappa shape index (κ3) is 3.39. The Morgan fingerprint density at radius 3 is 2.62 bits per heavy atom. The highest BCUT2D eigenvalue weighted by Gasteiger charge is 2.22. The molecule has 0 atom stereocenters. The molecule has 21 heavy (non-hydrogen) atoms. The predicted octanol–water partition coefficient (Wildman–Crippen LogP) is 2.02. The first-order valence-corrected chi connectivity index (χ1v) is 7.25. The lowest BCUT2D eigenvalue weighted by Crippen LogP contribution is -2.42. The molecule has 1 aliphatic carbocycles. The van der Waals surface area contributed by atoms with E-state index in [0.717, 1.165) is 36.6 Å². The molecule has 1 aliphatic rings. The molecule has 0 saturated heterocycles. The van der Waals surface area contributed by atoms with E-state index in [0.29, 0.717) is 12.0 Å². The maximum absolute atomic E-state index is 10.8. The van der Waals surface area contributed by atoms with Crippen LogP contribution in [0.1, 0.15) is 25.7 Å². The van der Waals surface area contributed by atoms with E-state index in [1.165, 1.54) is 0 Å². The van der Waals surface area contributed by atoms with E-state index in [9.17, 15) is 4.79 Å². The number of nitrogens with one attached hydrogen (secondary N) is 2. The number of urea groups is 1. The fraction of sp³-hybridized carbons (Fsp3) is 0.400. The van der Waals surface area contributed by atoms with Gasteiger partial charge in [-0.2, -0.15) is 0 Å². The molecule has 1 saturated carbocycles. The van der Waals surface area contributed by atoms with Gasteiger partial charge in [-0.3, -0.25) is 0 Å². The van der Waals surface area contributed by atoms with E-state index in [1.807, 2.05) is 30.5 Å². The molecule has 4 N–H and O–H groups in total. The maximum atomic E-state index is 10.8. The number of nitrogens with zero attached hydrogens (tertiary/aromatic N) is 2. The van der Waals surface area contributed by atoms with Gasteiger partial charge in [-0.25, -0.2) is 14.8 Å². The quantitative estimate of drug-likeness (QED) is 0.804. The van der Waals surface area contributed by atoms with Crippen LogP contribution in [-0.2, 0) is 0 Å². The second-order valence-electron chi connectivity index (χ2n) is 5.45. The Morgan fingerprint density at radius 1 is 1.14 bits per heavy atom. The Kier molecular flexibility index (Phi) is 3.85. The Balaban J connectivity index is 1.60. The predicted molar refractivity (Wildman–Crippen MR) is 81.9 cm³/mol. The minimum Gasteiger partial charge on any atom is -0.352 e. The smallest absolute Gasteiger partial charge is 0.312 e. The van der Waals surface area contributed by atoms with Crippen LogP contribution in [0.15, 0.2) is 30.5 Å². The van der Waals surface area contributed by atoms with Crippen LogP contribution in [0.25, 0.3) is 10.9 Å².